The number of carbonyl (C=O) groups is 2. The predicted octanol–water partition coefficient (Wildman–Crippen LogP) is 1.97. The number of likely N-dealkylation sites (tertiary alicyclic amines) is 2. The Morgan fingerprint density at radius 1 is 1.19 bits per heavy atom. The molecule has 0 unspecified atom stereocenters. The van der Waals surface area contributed by atoms with Crippen LogP contribution in [0.15, 0.2) is 30.3 Å². The molecule has 0 radical (unpaired) electrons. The van der Waals surface area contributed by atoms with E-state index in [2.05, 4.69) is 17.1 Å². The number of hydrogen-bond donors (Lipinski definition) is 1. The molecule has 6 heteroatoms. The van der Waals surface area contributed by atoms with Gasteiger partial charge in [-0.15, -0.1) is 0 Å². The lowest BCUT2D eigenvalue weighted by molar-refractivity contribution is -0.135. The predicted molar refractivity (Wildman–Crippen MR) is 101 cm³/mol. The Kier molecular flexibility index (Phi) is 5.94. The number of para-hydroxylation sites is 1. The maximum Gasteiger partial charge on any atom is 0.248 e. The molecular formula is C20H29N3O3. The lowest BCUT2D eigenvalue weighted by Gasteiger charge is -2.35. The van der Waals surface area contributed by atoms with E-state index in [1.807, 2.05) is 35.2 Å². The molecule has 2 amide bonds. The first-order valence-corrected chi connectivity index (χ1v) is 9.48. The molecule has 6 nitrogen and oxygen atoms in total. The molecule has 2 saturated heterocycles. The first-order chi connectivity index (χ1) is 12.6. The number of nitrogens with zero attached hydrogens (tertiary/aromatic N) is 2. The molecule has 1 aromatic rings. The van der Waals surface area contributed by atoms with E-state index in [1.165, 1.54) is 7.11 Å². The van der Waals surface area contributed by atoms with Crippen molar-refractivity contribution in [3.8, 4) is 0 Å². The molecule has 2 heterocycles. The molecule has 2 atom stereocenters. The van der Waals surface area contributed by atoms with Gasteiger partial charge in [-0.25, -0.2) is 0 Å². The van der Waals surface area contributed by atoms with E-state index in [0.717, 1.165) is 31.6 Å². The minimum atomic E-state index is -0.437. The zero-order chi connectivity index (χ0) is 18.6. The summed E-state index contributed by atoms with van der Waals surface area (Å²) in [7, 11) is 1.54. The van der Waals surface area contributed by atoms with Gasteiger partial charge in [0, 0.05) is 31.9 Å². The summed E-state index contributed by atoms with van der Waals surface area (Å²) >= 11 is 0. The number of nitrogens with one attached hydrogen (secondary N) is 1. The van der Waals surface area contributed by atoms with Gasteiger partial charge in [0.05, 0.1) is 5.41 Å². The topological polar surface area (TPSA) is 61.9 Å². The van der Waals surface area contributed by atoms with Crippen molar-refractivity contribution in [1.29, 1.82) is 0 Å². The van der Waals surface area contributed by atoms with E-state index >= 15 is 0 Å². The van der Waals surface area contributed by atoms with Crippen LogP contribution < -0.4 is 5.32 Å². The van der Waals surface area contributed by atoms with E-state index in [9.17, 15) is 9.59 Å². The van der Waals surface area contributed by atoms with Gasteiger partial charge in [-0.3, -0.25) is 14.5 Å². The van der Waals surface area contributed by atoms with E-state index in [-0.39, 0.29) is 24.5 Å². The van der Waals surface area contributed by atoms with Crippen LogP contribution >= 0.6 is 0 Å². The summed E-state index contributed by atoms with van der Waals surface area (Å²) in [6, 6.07) is 9.81. The van der Waals surface area contributed by atoms with E-state index in [4.69, 9.17) is 4.74 Å². The molecule has 0 aromatic heterocycles. The van der Waals surface area contributed by atoms with Crippen LogP contribution in [0, 0.1) is 5.41 Å². The molecule has 3 rings (SSSR count). The Balaban J connectivity index is 1.81. The number of amides is 2. The molecule has 26 heavy (non-hydrogen) atoms. The third-order valence-corrected chi connectivity index (χ3v) is 5.93. The standard InChI is InChI=1S/C20H29N3O3/c1-3-22-13-10-20(19(25)21-16-7-5-4-6-8-16)11-14-23(12-9-17(20)22)18(24)15-26-2/h4-8,17H,3,9-15H2,1-2H3,(H,21,25)/t17-,20-/m1/s1. The van der Waals surface area contributed by atoms with Crippen molar-refractivity contribution >= 4 is 17.5 Å². The second-order valence-electron chi connectivity index (χ2n) is 7.22. The molecule has 0 bridgehead atoms. The summed E-state index contributed by atoms with van der Waals surface area (Å²) < 4.78 is 5.00. The summed E-state index contributed by atoms with van der Waals surface area (Å²) in [5, 5.41) is 3.12. The third-order valence-electron chi connectivity index (χ3n) is 5.93. The van der Waals surface area contributed by atoms with Crippen LogP contribution in [-0.2, 0) is 14.3 Å². The highest BCUT2D eigenvalue weighted by atomic mass is 16.5. The number of hydrogen-bond acceptors (Lipinski definition) is 4. The smallest absolute Gasteiger partial charge is 0.248 e. The highest BCUT2D eigenvalue weighted by Gasteiger charge is 2.53. The third kappa shape index (κ3) is 3.62. The Hall–Kier alpha value is -1.92. The molecule has 0 spiro atoms. The van der Waals surface area contributed by atoms with Gasteiger partial charge >= 0.3 is 0 Å². The second kappa shape index (κ2) is 8.18. The molecule has 2 aliphatic rings. The Bertz CT molecular complexity index is 636. The molecule has 0 aliphatic carbocycles. The summed E-state index contributed by atoms with van der Waals surface area (Å²) in [6.45, 7) is 5.41. The zero-order valence-electron chi connectivity index (χ0n) is 15.7. The number of carbonyl (C=O) groups excluding carboxylic acids is 2. The average molecular weight is 359 g/mol. The number of rotatable bonds is 5. The number of methoxy groups -OCH3 is 1. The first-order valence-electron chi connectivity index (χ1n) is 9.48. The molecule has 2 aliphatic heterocycles. The second-order valence-corrected chi connectivity index (χ2v) is 7.22. The molecule has 0 saturated carbocycles. The average Bonchev–Trinajstić information content (AvgIpc) is 2.90. The number of ether oxygens (including phenoxy) is 1. The minimum absolute atomic E-state index is 0.00846. The van der Waals surface area contributed by atoms with E-state index < -0.39 is 5.41 Å². The quantitative estimate of drug-likeness (QED) is 0.873. The Morgan fingerprint density at radius 2 is 1.92 bits per heavy atom. The van der Waals surface area contributed by atoms with Gasteiger partial charge in [0.2, 0.25) is 11.8 Å². The van der Waals surface area contributed by atoms with Gasteiger partial charge in [-0.1, -0.05) is 25.1 Å². The van der Waals surface area contributed by atoms with Crippen LogP contribution in [0.4, 0.5) is 5.69 Å². The van der Waals surface area contributed by atoms with Crippen molar-refractivity contribution in [2.75, 3.05) is 45.2 Å². The molecular weight excluding hydrogens is 330 g/mol. The van der Waals surface area contributed by atoms with Crippen molar-refractivity contribution in [3.05, 3.63) is 30.3 Å². The van der Waals surface area contributed by atoms with Gasteiger partial charge in [-0.2, -0.15) is 0 Å². The van der Waals surface area contributed by atoms with E-state index in [0.29, 0.717) is 19.5 Å². The fraction of sp³-hybridized carbons (Fsp3) is 0.600. The van der Waals surface area contributed by atoms with Gasteiger partial charge in [0.1, 0.15) is 6.61 Å². The van der Waals surface area contributed by atoms with Gasteiger partial charge in [0.15, 0.2) is 0 Å². The van der Waals surface area contributed by atoms with Crippen molar-refractivity contribution in [3.63, 3.8) is 0 Å². The lowest BCUT2D eigenvalue weighted by Crippen LogP contribution is -2.47. The summed E-state index contributed by atoms with van der Waals surface area (Å²) in [5.41, 5.74) is 0.394. The van der Waals surface area contributed by atoms with Gasteiger partial charge in [0.25, 0.3) is 0 Å². The van der Waals surface area contributed by atoms with Crippen molar-refractivity contribution in [2.24, 2.45) is 5.41 Å². The largest absolute Gasteiger partial charge is 0.375 e. The molecule has 2 fully saturated rings. The highest BCUT2D eigenvalue weighted by molar-refractivity contribution is 5.96. The van der Waals surface area contributed by atoms with Crippen LogP contribution in [0.5, 0.6) is 0 Å². The van der Waals surface area contributed by atoms with Crippen LogP contribution in [-0.4, -0.2) is 67.6 Å². The zero-order valence-corrected chi connectivity index (χ0v) is 15.7. The summed E-state index contributed by atoms with van der Waals surface area (Å²) in [4.78, 5) is 29.8. The van der Waals surface area contributed by atoms with Crippen LogP contribution in [0.25, 0.3) is 0 Å². The fourth-order valence-electron chi connectivity index (χ4n) is 4.49. The van der Waals surface area contributed by atoms with Crippen LogP contribution in [0.1, 0.15) is 26.2 Å². The maximum atomic E-state index is 13.3. The fourth-order valence-corrected chi connectivity index (χ4v) is 4.49. The van der Waals surface area contributed by atoms with Crippen LogP contribution in [0.2, 0.25) is 0 Å². The van der Waals surface area contributed by atoms with Gasteiger partial charge in [-0.05, 0) is 44.5 Å². The molecule has 1 N–H and O–H groups in total. The van der Waals surface area contributed by atoms with Crippen molar-refractivity contribution < 1.29 is 14.3 Å². The Morgan fingerprint density at radius 3 is 2.62 bits per heavy atom. The monoisotopic (exact) mass is 359 g/mol. The number of anilines is 1. The summed E-state index contributed by atoms with van der Waals surface area (Å²) in [6.07, 6.45) is 2.37. The number of fused-ring (bicyclic) bond motifs is 1. The maximum absolute atomic E-state index is 13.3. The molecule has 1 aromatic carbocycles. The normalized spacial score (nSPS) is 26.2. The SMILES string of the molecule is CCN1CC[C@@]2(C(=O)Nc3ccccc3)CCN(C(=O)COC)CC[C@@H]12. The van der Waals surface area contributed by atoms with Crippen molar-refractivity contribution in [2.45, 2.75) is 32.2 Å². The lowest BCUT2D eigenvalue weighted by atomic mass is 9.75. The van der Waals surface area contributed by atoms with E-state index in [1.54, 1.807) is 0 Å². The van der Waals surface area contributed by atoms with Crippen LogP contribution in [0.3, 0.4) is 0 Å². The molecule has 142 valence electrons. The minimum Gasteiger partial charge on any atom is -0.375 e. The van der Waals surface area contributed by atoms with Gasteiger partial charge < -0.3 is 15.0 Å². The van der Waals surface area contributed by atoms with Crippen molar-refractivity contribution in [1.82, 2.24) is 9.80 Å². The summed E-state index contributed by atoms with van der Waals surface area (Å²) in [5.74, 6) is 0.0971. The Labute approximate surface area is 155 Å². The number of benzene rings is 1. The first kappa shape index (κ1) is 18.9. The highest BCUT2D eigenvalue weighted by Crippen LogP contribution is 2.44.